The van der Waals surface area contributed by atoms with Crippen molar-refractivity contribution in [2.45, 2.75) is 6.42 Å². The van der Waals surface area contributed by atoms with E-state index >= 15 is 0 Å². The first-order valence-corrected chi connectivity index (χ1v) is 5.09. The van der Waals surface area contributed by atoms with Gasteiger partial charge in [-0.25, -0.2) is 0 Å². The molecule has 2 heterocycles. The Morgan fingerprint density at radius 3 is 3.07 bits per heavy atom. The summed E-state index contributed by atoms with van der Waals surface area (Å²) in [5, 5.41) is 3.98. The van der Waals surface area contributed by atoms with Gasteiger partial charge in [0, 0.05) is 18.3 Å². The summed E-state index contributed by atoms with van der Waals surface area (Å²) in [4.78, 5) is 0. The number of hydrogen-bond donors (Lipinski definition) is 1. The van der Waals surface area contributed by atoms with Gasteiger partial charge in [0.1, 0.15) is 13.2 Å². The third-order valence-electron chi connectivity index (χ3n) is 2.57. The molecule has 2 aliphatic heterocycles. The minimum atomic E-state index is 0.582. The van der Waals surface area contributed by atoms with Crippen LogP contribution in [0.2, 0.25) is 5.02 Å². The smallest absolute Gasteiger partial charge is 0.180 e. The first-order chi connectivity index (χ1) is 6.86. The van der Waals surface area contributed by atoms with Crippen molar-refractivity contribution in [1.82, 2.24) is 0 Å². The van der Waals surface area contributed by atoms with Gasteiger partial charge in [-0.05, 0) is 12.0 Å². The highest BCUT2D eigenvalue weighted by atomic mass is 35.5. The number of nitrogens with one attached hydrogen (secondary N) is 1. The standard InChI is InChI=1S/C10H10ClNO2/c11-9-6-1-2-12-7(6)5-8-10(9)14-4-3-13-8/h5,12H,1-4H2. The minimum Gasteiger partial charge on any atom is -0.486 e. The molecule has 0 aliphatic carbocycles. The monoisotopic (exact) mass is 211 g/mol. The van der Waals surface area contributed by atoms with Crippen molar-refractivity contribution in [2.75, 3.05) is 25.1 Å². The second-order valence-corrected chi connectivity index (χ2v) is 3.80. The Bertz CT molecular complexity index is 392. The highest BCUT2D eigenvalue weighted by molar-refractivity contribution is 6.33. The molecule has 0 amide bonds. The summed E-state index contributed by atoms with van der Waals surface area (Å²) in [7, 11) is 0. The molecule has 0 fully saturated rings. The van der Waals surface area contributed by atoms with E-state index in [2.05, 4.69) is 5.32 Å². The summed E-state index contributed by atoms with van der Waals surface area (Å²) in [6.07, 6.45) is 0.963. The summed E-state index contributed by atoms with van der Waals surface area (Å²) in [5.74, 6) is 1.47. The lowest BCUT2D eigenvalue weighted by molar-refractivity contribution is 0.171. The van der Waals surface area contributed by atoms with Gasteiger partial charge in [-0.2, -0.15) is 0 Å². The Kier molecular flexibility index (Phi) is 1.74. The minimum absolute atomic E-state index is 0.582. The average molecular weight is 212 g/mol. The predicted molar refractivity (Wildman–Crippen MR) is 54.6 cm³/mol. The molecule has 0 saturated heterocycles. The maximum absolute atomic E-state index is 6.23. The van der Waals surface area contributed by atoms with E-state index in [0.29, 0.717) is 24.0 Å². The SMILES string of the molecule is Clc1c2c(cc3c1OCCO3)NCC2. The van der Waals surface area contributed by atoms with Crippen molar-refractivity contribution in [3.8, 4) is 11.5 Å². The third kappa shape index (κ3) is 1.05. The number of anilines is 1. The Balaban J connectivity index is 2.20. The van der Waals surface area contributed by atoms with Crippen molar-refractivity contribution >= 4 is 17.3 Å². The van der Waals surface area contributed by atoms with Gasteiger partial charge in [-0.1, -0.05) is 11.6 Å². The van der Waals surface area contributed by atoms with Crippen LogP contribution in [-0.2, 0) is 6.42 Å². The quantitative estimate of drug-likeness (QED) is 0.713. The number of ether oxygens (including phenoxy) is 2. The maximum Gasteiger partial charge on any atom is 0.180 e. The van der Waals surface area contributed by atoms with Crippen molar-refractivity contribution < 1.29 is 9.47 Å². The van der Waals surface area contributed by atoms with E-state index < -0.39 is 0 Å². The van der Waals surface area contributed by atoms with E-state index in [1.54, 1.807) is 0 Å². The zero-order valence-corrected chi connectivity index (χ0v) is 8.36. The van der Waals surface area contributed by atoms with Crippen LogP contribution in [0.25, 0.3) is 0 Å². The van der Waals surface area contributed by atoms with E-state index in [4.69, 9.17) is 21.1 Å². The normalized spacial score (nSPS) is 17.5. The number of halogens is 1. The summed E-state index contributed by atoms with van der Waals surface area (Å²) in [6, 6.07) is 1.97. The Morgan fingerprint density at radius 2 is 2.14 bits per heavy atom. The van der Waals surface area contributed by atoms with Crippen LogP contribution in [0, 0.1) is 0 Å². The highest BCUT2D eigenvalue weighted by Crippen LogP contribution is 2.44. The summed E-state index contributed by atoms with van der Waals surface area (Å²) >= 11 is 6.23. The predicted octanol–water partition coefficient (Wildman–Crippen LogP) is 2.08. The lowest BCUT2D eigenvalue weighted by atomic mass is 10.1. The van der Waals surface area contributed by atoms with Gasteiger partial charge >= 0.3 is 0 Å². The van der Waals surface area contributed by atoms with Gasteiger partial charge in [0.15, 0.2) is 11.5 Å². The van der Waals surface area contributed by atoms with E-state index in [1.807, 2.05) is 6.07 Å². The molecule has 0 radical (unpaired) electrons. The van der Waals surface area contributed by atoms with Crippen LogP contribution >= 0.6 is 11.6 Å². The highest BCUT2D eigenvalue weighted by Gasteiger charge is 2.23. The van der Waals surface area contributed by atoms with Crippen LogP contribution < -0.4 is 14.8 Å². The molecule has 14 heavy (non-hydrogen) atoms. The molecule has 0 bridgehead atoms. The number of fused-ring (bicyclic) bond motifs is 2. The molecule has 0 saturated carbocycles. The van der Waals surface area contributed by atoms with Crippen LogP contribution in [0.15, 0.2) is 6.07 Å². The first-order valence-electron chi connectivity index (χ1n) is 4.71. The van der Waals surface area contributed by atoms with Crippen molar-refractivity contribution in [2.24, 2.45) is 0 Å². The van der Waals surface area contributed by atoms with E-state index in [-0.39, 0.29) is 0 Å². The van der Waals surface area contributed by atoms with Gasteiger partial charge in [-0.15, -0.1) is 0 Å². The molecule has 0 atom stereocenters. The molecule has 3 rings (SSSR count). The van der Waals surface area contributed by atoms with Gasteiger partial charge in [0.2, 0.25) is 0 Å². The number of benzene rings is 1. The summed E-state index contributed by atoms with van der Waals surface area (Å²) < 4.78 is 11.0. The van der Waals surface area contributed by atoms with Gasteiger partial charge in [0.05, 0.1) is 5.02 Å². The number of rotatable bonds is 0. The van der Waals surface area contributed by atoms with Crippen LogP contribution in [0.4, 0.5) is 5.69 Å². The molecule has 0 unspecified atom stereocenters. The second-order valence-electron chi connectivity index (χ2n) is 3.42. The fourth-order valence-electron chi connectivity index (χ4n) is 1.91. The first kappa shape index (κ1) is 8.24. The van der Waals surface area contributed by atoms with Crippen LogP contribution in [0.1, 0.15) is 5.56 Å². The van der Waals surface area contributed by atoms with E-state index in [1.165, 1.54) is 0 Å². The van der Waals surface area contributed by atoms with E-state index in [0.717, 1.165) is 30.0 Å². The summed E-state index contributed by atoms with van der Waals surface area (Å²) in [5.41, 5.74) is 2.23. The number of hydrogen-bond acceptors (Lipinski definition) is 3. The average Bonchev–Trinajstić information content (AvgIpc) is 2.66. The maximum atomic E-state index is 6.23. The molecule has 0 spiro atoms. The van der Waals surface area contributed by atoms with E-state index in [9.17, 15) is 0 Å². The Morgan fingerprint density at radius 1 is 1.29 bits per heavy atom. The molecular weight excluding hydrogens is 202 g/mol. The van der Waals surface area contributed by atoms with Gasteiger partial charge in [-0.3, -0.25) is 0 Å². The fraction of sp³-hybridized carbons (Fsp3) is 0.400. The lowest BCUT2D eigenvalue weighted by Gasteiger charge is -2.20. The van der Waals surface area contributed by atoms with Crippen molar-refractivity contribution in [3.05, 3.63) is 16.7 Å². The second kappa shape index (κ2) is 2.95. The lowest BCUT2D eigenvalue weighted by Crippen LogP contribution is -2.16. The van der Waals surface area contributed by atoms with Gasteiger partial charge in [0.25, 0.3) is 0 Å². The van der Waals surface area contributed by atoms with Crippen LogP contribution in [0.3, 0.4) is 0 Å². The molecule has 2 aliphatic rings. The molecule has 4 heteroatoms. The van der Waals surface area contributed by atoms with Crippen LogP contribution in [0.5, 0.6) is 11.5 Å². The molecule has 1 N–H and O–H groups in total. The molecule has 1 aromatic rings. The Hall–Kier alpha value is -1.09. The molecule has 1 aromatic carbocycles. The third-order valence-corrected chi connectivity index (χ3v) is 2.97. The van der Waals surface area contributed by atoms with Crippen molar-refractivity contribution in [1.29, 1.82) is 0 Å². The fourth-order valence-corrected chi connectivity index (χ4v) is 2.25. The molecule has 3 nitrogen and oxygen atoms in total. The molecule has 74 valence electrons. The zero-order valence-electron chi connectivity index (χ0n) is 7.60. The van der Waals surface area contributed by atoms with Crippen molar-refractivity contribution in [3.63, 3.8) is 0 Å². The van der Waals surface area contributed by atoms with Gasteiger partial charge < -0.3 is 14.8 Å². The topological polar surface area (TPSA) is 30.5 Å². The van der Waals surface area contributed by atoms with Crippen LogP contribution in [-0.4, -0.2) is 19.8 Å². The molecule has 0 aromatic heterocycles. The zero-order chi connectivity index (χ0) is 9.54. The molecular formula is C10H10ClNO2. The largest absolute Gasteiger partial charge is 0.486 e. The Labute approximate surface area is 87.0 Å². The summed E-state index contributed by atoms with van der Waals surface area (Å²) in [6.45, 7) is 2.12.